The fraction of sp³-hybridized carbons (Fsp3) is 0.222. The van der Waals surface area contributed by atoms with Crippen LogP contribution in [0.4, 0.5) is 14.5 Å². The number of benzene rings is 2. The summed E-state index contributed by atoms with van der Waals surface area (Å²) >= 11 is 1.63. The molecule has 3 rings (SSSR count). The van der Waals surface area contributed by atoms with Crippen LogP contribution >= 0.6 is 11.3 Å². The first-order valence-corrected chi connectivity index (χ1v) is 8.61. The van der Waals surface area contributed by atoms with Crippen molar-refractivity contribution in [2.45, 2.75) is 13.0 Å². The molecule has 130 valence electrons. The number of fused-ring (bicyclic) bond motifs is 1. The molecular weight excluding hydrogens is 344 g/mol. The molecule has 1 amide bonds. The van der Waals surface area contributed by atoms with Crippen molar-refractivity contribution < 1.29 is 13.6 Å². The minimum atomic E-state index is -0.981. The lowest BCUT2D eigenvalue weighted by atomic mass is 10.3. The standard InChI is InChI=1S/C18H17F2N3OS/c1-23(11-18-22-15-4-2-3-5-16(15)25-18)9-8-17(24)21-12-6-7-13(19)14(20)10-12/h2-7,10H,8-9,11H2,1H3,(H,21,24). The van der Waals surface area contributed by atoms with Crippen LogP contribution < -0.4 is 5.32 Å². The van der Waals surface area contributed by atoms with Crippen LogP contribution in [0.25, 0.3) is 10.2 Å². The van der Waals surface area contributed by atoms with Crippen molar-refractivity contribution in [2.75, 3.05) is 18.9 Å². The Morgan fingerprint density at radius 1 is 1.20 bits per heavy atom. The molecule has 0 saturated heterocycles. The molecule has 0 unspecified atom stereocenters. The average molecular weight is 361 g/mol. The molecule has 3 aromatic rings. The van der Waals surface area contributed by atoms with E-state index in [-0.39, 0.29) is 18.0 Å². The zero-order valence-corrected chi connectivity index (χ0v) is 14.4. The SMILES string of the molecule is CN(CCC(=O)Nc1ccc(F)c(F)c1)Cc1nc2ccccc2s1. The molecule has 0 aliphatic carbocycles. The Balaban J connectivity index is 1.50. The van der Waals surface area contributed by atoms with Crippen LogP contribution in [0, 0.1) is 11.6 Å². The number of carbonyl (C=O) groups excluding carboxylic acids is 1. The molecule has 0 spiro atoms. The number of amides is 1. The van der Waals surface area contributed by atoms with E-state index in [1.807, 2.05) is 36.2 Å². The summed E-state index contributed by atoms with van der Waals surface area (Å²) < 4.78 is 27.1. The summed E-state index contributed by atoms with van der Waals surface area (Å²) in [4.78, 5) is 18.5. The maximum atomic E-state index is 13.1. The first-order chi connectivity index (χ1) is 12.0. The maximum absolute atomic E-state index is 13.1. The van der Waals surface area contributed by atoms with Gasteiger partial charge in [0.25, 0.3) is 0 Å². The van der Waals surface area contributed by atoms with Gasteiger partial charge in [0.1, 0.15) is 5.01 Å². The molecule has 25 heavy (non-hydrogen) atoms. The summed E-state index contributed by atoms with van der Waals surface area (Å²) in [7, 11) is 1.91. The van der Waals surface area contributed by atoms with Gasteiger partial charge in [0.15, 0.2) is 11.6 Å². The van der Waals surface area contributed by atoms with Gasteiger partial charge in [-0.2, -0.15) is 0 Å². The summed E-state index contributed by atoms with van der Waals surface area (Å²) in [6.07, 6.45) is 0.250. The first kappa shape index (κ1) is 17.4. The molecule has 1 aromatic heterocycles. The highest BCUT2D eigenvalue weighted by Crippen LogP contribution is 2.22. The lowest BCUT2D eigenvalue weighted by Crippen LogP contribution is -2.24. The van der Waals surface area contributed by atoms with Crippen LogP contribution in [0.2, 0.25) is 0 Å². The van der Waals surface area contributed by atoms with Gasteiger partial charge in [0.2, 0.25) is 5.91 Å². The molecule has 7 heteroatoms. The summed E-state index contributed by atoms with van der Waals surface area (Å²) in [5, 5.41) is 3.56. The Kier molecular flexibility index (Phi) is 5.35. The van der Waals surface area contributed by atoms with E-state index in [0.717, 1.165) is 27.4 Å². The molecule has 0 bridgehead atoms. The van der Waals surface area contributed by atoms with E-state index >= 15 is 0 Å². The fourth-order valence-corrected chi connectivity index (χ4v) is 3.43. The Morgan fingerprint density at radius 2 is 2.00 bits per heavy atom. The Morgan fingerprint density at radius 3 is 2.76 bits per heavy atom. The number of anilines is 1. The zero-order chi connectivity index (χ0) is 17.8. The quantitative estimate of drug-likeness (QED) is 0.721. The summed E-state index contributed by atoms with van der Waals surface area (Å²) in [5.41, 5.74) is 1.23. The van der Waals surface area contributed by atoms with Crippen molar-refractivity contribution in [3.05, 3.63) is 59.1 Å². The van der Waals surface area contributed by atoms with Gasteiger partial charge >= 0.3 is 0 Å². The van der Waals surface area contributed by atoms with E-state index in [9.17, 15) is 13.6 Å². The highest BCUT2D eigenvalue weighted by atomic mass is 32.1. The Hall–Kier alpha value is -2.38. The number of aromatic nitrogens is 1. The zero-order valence-electron chi connectivity index (χ0n) is 13.6. The number of nitrogens with zero attached hydrogens (tertiary/aromatic N) is 2. The van der Waals surface area contributed by atoms with Crippen LogP contribution in [0.3, 0.4) is 0 Å². The molecule has 2 aromatic carbocycles. The van der Waals surface area contributed by atoms with Gasteiger partial charge in [-0.05, 0) is 31.3 Å². The van der Waals surface area contributed by atoms with E-state index in [2.05, 4.69) is 10.3 Å². The molecule has 0 aliphatic heterocycles. The minimum Gasteiger partial charge on any atom is -0.326 e. The van der Waals surface area contributed by atoms with Crippen molar-refractivity contribution in [3.63, 3.8) is 0 Å². The predicted octanol–water partition coefficient (Wildman–Crippen LogP) is 4.04. The van der Waals surface area contributed by atoms with Gasteiger partial charge in [0.05, 0.1) is 16.8 Å². The molecule has 0 saturated carbocycles. The molecule has 4 nitrogen and oxygen atoms in total. The van der Waals surface area contributed by atoms with E-state index in [0.29, 0.717) is 13.1 Å². The predicted molar refractivity (Wildman–Crippen MR) is 95.6 cm³/mol. The Labute approximate surface area is 148 Å². The van der Waals surface area contributed by atoms with Gasteiger partial charge in [-0.3, -0.25) is 9.69 Å². The number of thiazole rings is 1. The second-order valence-corrected chi connectivity index (χ2v) is 6.86. The number of halogens is 2. The van der Waals surface area contributed by atoms with Crippen molar-refractivity contribution in [2.24, 2.45) is 0 Å². The molecule has 1 heterocycles. The number of rotatable bonds is 6. The smallest absolute Gasteiger partial charge is 0.225 e. The van der Waals surface area contributed by atoms with Crippen molar-refractivity contribution >= 4 is 33.1 Å². The lowest BCUT2D eigenvalue weighted by Gasteiger charge is -2.14. The largest absolute Gasteiger partial charge is 0.326 e. The molecule has 1 N–H and O–H groups in total. The second-order valence-electron chi connectivity index (χ2n) is 5.74. The monoisotopic (exact) mass is 361 g/mol. The number of carbonyl (C=O) groups is 1. The third-order valence-electron chi connectivity index (χ3n) is 3.67. The molecular formula is C18H17F2N3OS. The Bertz CT molecular complexity index is 864. The molecule has 0 radical (unpaired) electrons. The van der Waals surface area contributed by atoms with Crippen molar-refractivity contribution in [1.29, 1.82) is 0 Å². The van der Waals surface area contributed by atoms with Crippen molar-refractivity contribution in [1.82, 2.24) is 9.88 Å². The average Bonchev–Trinajstić information content (AvgIpc) is 2.98. The normalized spacial score (nSPS) is 11.2. The van der Waals surface area contributed by atoms with E-state index in [4.69, 9.17) is 0 Å². The second kappa shape index (κ2) is 7.67. The fourth-order valence-electron chi connectivity index (χ4n) is 2.39. The topological polar surface area (TPSA) is 45.2 Å². The van der Waals surface area contributed by atoms with Gasteiger partial charge in [-0.15, -0.1) is 11.3 Å². The summed E-state index contributed by atoms with van der Waals surface area (Å²) in [6, 6.07) is 11.2. The first-order valence-electron chi connectivity index (χ1n) is 7.79. The number of para-hydroxylation sites is 1. The lowest BCUT2D eigenvalue weighted by molar-refractivity contribution is -0.116. The summed E-state index contributed by atoms with van der Waals surface area (Å²) in [5.74, 6) is -2.17. The van der Waals surface area contributed by atoms with Crippen LogP contribution in [0.15, 0.2) is 42.5 Å². The third kappa shape index (κ3) is 4.58. The van der Waals surface area contributed by atoms with E-state index in [1.165, 1.54) is 6.07 Å². The van der Waals surface area contributed by atoms with Gasteiger partial charge in [0, 0.05) is 24.7 Å². The van der Waals surface area contributed by atoms with E-state index in [1.54, 1.807) is 11.3 Å². The van der Waals surface area contributed by atoms with Crippen LogP contribution in [-0.2, 0) is 11.3 Å². The highest BCUT2D eigenvalue weighted by molar-refractivity contribution is 7.18. The molecule has 0 aliphatic rings. The molecule has 0 fully saturated rings. The van der Waals surface area contributed by atoms with Crippen molar-refractivity contribution in [3.8, 4) is 0 Å². The van der Waals surface area contributed by atoms with Crippen LogP contribution in [0.1, 0.15) is 11.4 Å². The number of hydrogen-bond donors (Lipinski definition) is 1. The van der Waals surface area contributed by atoms with E-state index < -0.39 is 11.6 Å². The number of hydrogen-bond acceptors (Lipinski definition) is 4. The van der Waals surface area contributed by atoms with Crippen LogP contribution in [-0.4, -0.2) is 29.4 Å². The minimum absolute atomic E-state index is 0.248. The summed E-state index contributed by atoms with van der Waals surface area (Å²) in [6.45, 7) is 1.18. The van der Waals surface area contributed by atoms with Gasteiger partial charge < -0.3 is 5.32 Å². The number of nitrogens with one attached hydrogen (secondary N) is 1. The van der Waals surface area contributed by atoms with Gasteiger partial charge in [-0.1, -0.05) is 12.1 Å². The molecule has 0 atom stereocenters. The highest BCUT2D eigenvalue weighted by Gasteiger charge is 2.10. The van der Waals surface area contributed by atoms with Crippen LogP contribution in [0.5, 0.6) is 0 Å². The van der Waals surface area contributed by atoms with Gasteiger partial charge in [-0.25, -0.2) is 13.8 Å². The maximum Gasteiger partial charge on any atom is 0.225 e. The third-order valence-corrected chi connectivity index (χ3v) is 4.69.